The maximum absolute atomic E-state index is 12.9. The number of aromatic nitrogens is 3. The van der Waals surface area contributed by atoms with Crippen LogP contribution in [0.5, 0.6) is 0 Å². The minimum Gasteiger partial charge on any atom is -0.301 e. The van der Waals surface area contributed by atoms with Crippen molar-refractivity contribution in [2.75, 3.05) is 17.7 Å². The van der Waals surface area contributed by atoms with Crippen molar-refractivity contribution in [1.82, 2.24) is 15.0 Å². The molecule has 1 aliphatic rings. The molecule has 1 amide bonds. The van der Waals surface area contributed by atoms with Crippen LogP contribution < -0.4 is 10.5 Å². The molecule has 1 N–H and O–H groups in total. The van der Waals surface area contributed by atoms with E-state index in [4.69, 9.17) is 4.98 Å². The van der Waals surface area contributed by atoms with Crippen molar-refractivity contribution >= 4 is 34.1 Å². The topological polar surface area (TPSA) is 79.0 Å². The predicted octanol–water partition coefficient (Wildman–Crippen LogP) is 3.29. The van der Waals surface area contributed by atoms with E-state index in [1.807, 2.05) is 13.2 Å². The Morgan fingerprint density at radius 3 is 2.81 bits per heavy atom. The van der Waals surface area contributed by atoms with Gasteiger partial charge in [-0.25, -0.2) is 9.97 Å². The summed E-state index contributed by atoms with van der Waals surface area (Å²) in [5.74, 6) is -0.0475. The Morgan fingerprint density at radius 1 is 1.37 bits per heavy atom. The summed E-state index contributed by atoms with van der Waals surface area (Å²) in [6.45, 7) is 6.00. The molecule has 0 saturated carbocycles. The zero-order chi connectivity index (χ0) is 19.4. The van der Waals surface area contributed by atoms with E-state index in [9.17, 15) is 9.59 Å². The van der Waals surface area contributed by atoms with Crippen LogP contribution in [0.1, 0.15) is 41.1 Å². The fourth-order valence-corrected chi connectivity index (χ4v) is 4.81. The van der Waals surface area contributed by atoms with Gasteiger partial charge in [-0.05, 0) is 45.3 Å². The van der Waals surface area contributed by atoms with Crippen LogP contribution in [0.15, 0.2) is 22.6 Å². The first kappa shape index (κ1) is 19.8. The smallest absolute Gasteiger partial charge is 0.254 e. The van der Waals surface area contributed by atoms with Gasteiger partial charge in [0.05, 0.1) is 5.69 Å². The Hall–Kier alpha value is -1.93. The van der Waals surface area contributed by atoms with E-state index in [1.54, 1.807) is 22.3 Å². The second-order valence-electron chi connectivity index (χ2n) is 6.51. The number of amides is 1. The van der Waals surface area contributed by atoms with Crippen LogP contribution in [-0.2, 0) is 24.1 Å². The van der Waals surface area contributed by atoms with Crippen molar-refractivity contribution in [3.8, 4) is 0 Å². The Kier molecular flexibility index (Phi) is 6.49. The summed E-state index contributed by atoms with van der Waals surface area (Å²) < 4.78 is 0. The summed E-state index contributed by atoms with van der Waals surface area (Å²) in [4.78, 5) is 39.9. The van der Waals surface area contributed by atoms with Gasteiger partial charge >= 0.3 is 0 Å². The molecule has 3 rings (SSSR count). The predicted molar refractivity (Wildman–Crippen MR) is 111 cm³/mol. The van der Waals surface area contributed by atoms with Gasteiger partial charge in [-0.2, -0.15) is 0 Å². The van der Waals surface area contributed by atoms with E-state index in [-0.39, 0.29) is 17.9 Å². The Morgan fingerprint density at radius 2 is 2.15 bits per heavy atom. The van der Waals surface area contributed by atoms with E-state index in [0.717, 1.165) is 30.1 Å². The monoisotopic (exact) mass is 404 g/mol. The van der Waals surface area contributed by atoms with Crippen LogP contribution in [0.3, 0.4) is 0 Å². The Bertz CT molecular complexity index is 880. The zero-order valence-corrected chi connectivity index (χ0v) is 17.3. The lowest BCUT2D eigenvalue weighted by molar-refractivity contribution is -0.118. The number of aryl methyl sites for hydroxylation is 3. The highest BCUT2D eigenvalue weighted by Crippen LogP contribution is 2.32. The minimum atomic E-state index is -0.167. The lowest BCUT2D eigenvalue weighted by Crippen LogP contribution is -2.32. The van der Waals surface area contributed by atoms with E-state index < -0.39 is 0 Å². The summed E-state index contributed by atoms with van der Waals surface area (Å²) in [6.07, 6.45) is 8.56. The number of rotatable bonds is 7. The molecule has 0 fully saturated rings. The number of anilines is 1. The van der Waals surface area contributed by atoms with E-state index >= 15 is 0 Å². The number of hydrogen-bond donors (Lipinski definition) is 1. The molecule has 2 aromatic heterocycles. The fourth-order valence-electron chi connectivity index (χ4n) is 3.21. The highest BCUT2D eigenvalue weighted by Gasteiger charge is 2.23. The van der Waals surface area contributed by atoms with E-state index in [2.05, 4.69) is 16.5 Å². The number of nitrogens with zero attached hydrogens (tertiary/aromatic N) is 3. The average molecular weight is 405 g/mol. The lowest BCUT2D eigenvalue weighted by atomic mass is 10.0. The van der Waals surface area contributed by atoms with Crippen LogP contribution in [0.25, 0.3) is 0 Å². The van der Waals surface area contributed by atoms with Crippen molar-refractivity contribution in [2.45, 2.75) is 50.6 Å². The number of hydrogen-bond acceptors (Lipinski definition) is 6. The summed E-state index contributed by atoms with van der Waals surface area (Å²) in [7, 11) is 0. The molecule has 2 heterocycles. The molecule has 0 bridgehead atoms. The Balaban J connectivity index is 1.75. The van der Waals surface area contributed by atoms with Gasteiger partial charge in [-0.3, -0.25) is 14.5 Å². The summed E-state index contributed by atoms with van der Waals surface area (Å²) in [6, 6.07) is 0. The molecule has 27 heavy (non-hydrogen) atoms. The number of H-pyrrole nitrogens is 1. The number of thiazole rings is 1. The van der Waals surface area contributed by atoms with Crippen LogP contribution in [0, 0.1) is 6.92 Å². The third-order valence-corrected chi connectivity index (χ3v) is 6.42. The maximum atomic E-state index is 12.9. The van der Waals surface area contributed by atoms with Gasteiger partial charge < -0.3 is 4.98 Å². The van der Waals surface area contributed by atoms with Gasteiger partial charge in [-0.15, -0.1) is 17.9 Å². The molecule has 0 saturated heterocycles. The molecule has 0 radical (unpaired) electrons. The summed E-state index contributed by atoms with van der Waals surface area (Å²) >= 11 is 3.00. The van der Waals surface area contributed by atoms with Gasteiger partial charge in [-0.1, -0.05) is 17.8 Å². The van der Waals surface area contributed by atoms with Crippen LogP contribution >= 0.6 is 23.1 Å². The molecule has 0 spiro atoms. The molecular weight excluding hydrogens is 380 g/mol. The molecule has 0 aliphatic heterocycles. The molecule has 0 atom stereocenters. The average Bonchev–Trinajstić information content (AvgIpc) is 3.08. The van der Waals surface area contributed by atoms with Gasteiger partial charge in [0.1, 0.15) is 0 Å². The van der Waals surface area contributed by atoms with Crippen molar-refractivity contribution in [1.29, 1.82) is 0 Å². The molecule has 144 valence electrons. The molecule has 1 aliphatic carbocycles. The maximum Gasteiger partial charge on any atom is 0.254 e. The number of nitrogens with one attached hydrogen (secondary N) is 1. The largest absolute Gasteiger partial charge is 0.301 e. The highest BCUT2D eigenvalue weighted by molar-refractivity contribution is 7.98. The van der Waals surface area contributed by atoms with Crippen molar-refractivity contribution in [3.05, 3.63) is 44.8 Å². The van der Waals surface area contributed by atoms with E-state index in [0.29, 0.717) is 29.4 Å². The second kappa shape index (κ2) is 8.84. The normalized spacial score (nSPS) is 13.3. The minimum absolute atomic E-state index is 0.0475. The number of fused-ring (bicyclic) bond motifs is 1. The number of aromatic amines is 1. The molecule has 2 aromatic rings. The first-order chi connectivity index (χ1) is 13.0. The third-order valence-electron chi connectivity index (χ3n) is 4.66. The van der Waals surface area contributed by atoms with E-state index in [1.165, 1.54) is 23.1 Å². The molecule has 6 nitrogen and oxygen atoms in total. The molecule has 0 aromatic carbocycles. The van der Waals surface area contributed by atoms with Crippen molar-refractivity contribution < 1.29 is 4.79 Å². The van der Waals surface area contributed by atoms with Crippen molar-refractivity contribution in [2.24, 2.45) is 0 Å². The first-order valence-corrected chi connectivity index (χ1v) is 11.1. The fraction of sp³-hybridized carbons (Fsp3) is 0.474. The highest BCUT2D eigenvalue weighted by atomic mass is 32.2. The molecule has 8 heteroatoms. The van der Waals surface area contributed by atoms with Gasteiger partial charge in [0.25, 0.3) is 5.56 Å². The number of carbonyl (C=O) groups is 1. The lowest BCUT2D eigenvalue weighted by Gasteiger charge is -2.18. The number of carbonyl (C=O) groups excluding carboxylic acids is 1. The number of thioether (sulfide) groups is 1. The molecular formula is C19H24N4O2S2. The first-order valence-electron chi connectivity index (χ1n) is 9.07. The standard InChI is InChI=1S/C19H24N4O2S2/c1-4-11-23(19-21-14-7-5-6-8-15(14)27-19)16(24)10-9-13-12(2)20-18(26-3)22-17(13)25/h4H,1,5-11H2,2-3H3,(H,20,22,25). The van der Waals surface area contributed by atoms with Crippen LogP contribution in [0.2, 0.25) is 0 Å². The SMILES string of the molecule is C=CCN(C(=O)CCc1c(C)nc(SC)[nH]c1=O)c1nc2c(s1)CCCC2. The van der Waals surface area contributed by atoms with Gasteiger partial charge in [0.2, 0.25) is 5.91 Å². The van der Waals surface area contributed by atoms with Crippen molar-refractivity contribution in [3.63, 3.8) is 0 Å². The summed E-state index contributed by atoms with van der Waals surface area (Å²) in [5.41, 5.74) is 2.21. The summed E-state index contributed by atoms with van der Waals surface area (Å²) in [5, 5.41) is 1.34. The van der Waals surface area contributed by atoms with Gasteiger partial charge in [0, 0.05) is 29.1 Å². The Labute approximate surface area is 167 Å². The van der Waals surface area contributed by atoms with Crippen LogP contribution in [0.4, 0.5) is 5.13 Å². The van der Waals surface area contributed by atoms with Gasteiger partial charge in [0.15, 0.2) is 10.3 Å². The quantitative estimate of drug-likeness (QED) is 0.435. The third kappa shape index (κ3) is 4.50. The molecule has 0 unspecified atom stereocenters. The second-order valence-corrected chi connectivity index (χ2v) is 8.36. The van der Waals surface area contributed by atoms with Crippen LogP contribution in [-0.4, -0.2) is 33.7 Å². The zero-order valence-electron chi connectivity index (χ0n) is 15.7.